The van der Waals surface area contributed by atoms with Crippen molar-refractivity contribution in [3.05, 3.63) is 46.8 Å². The molecular weight excluding hydrogens is 379 g/mol. The van der Waals surface area contributed by atoms with Crippen LogP contribution in [0.5, 0.6) is 0 Å². The molecule has 0 bridgehead atoms. The highest BCUT2D eigenvalue weighted by Crippen LogP contribution is 2.28. The first-order valence-electron chi connectivity index (χ1n) is 8.16. The van der Waals surface area contributed by atoms with E-state index in [-0.39, 0.29) is 31.0 Å². The van der Waals surface area contributed by atoms with Gasteiger partial charge in [0.1, 0.15) is 24.1 Å². The lowest BCUT2D eigenvalue weighted by Crippen LogP contribution is -2.34. The van der Waals surface area contributed by atoms with Crippen molar-refractivity contribution in [1.82, 2.24) is 29.6 Å². The summed E-state index contributed by atoms with van der Waals surface area (Å²) in [4.78, 5) is 32.0. The predicted molar refractivity (Wildman–Crippen MR) is 93.5 cm³/mol. The van der Waals surface area contributed by atoms with Crippen LogP contribution in [-0.2, 0) is 24.6 Å². The zero-order chi connectivity index (χ0) is 20.3. The summed E-state index contributed by atoms with van der Waals surface area (Å²) in [6.45, 7) is 0.229. The van der Waals surface area contributed by atoms with Gasteiger partial charge >= 0.3 is 6.18 Å². The third-order valence-corrected chi connectivity index (χ3v) is 3.88. The third-order valence-electron chi connectivity index (χ3n) is 3.88. The molecule has 12 heteroatoms. The number of aromatic nitrogens is 5. The zero-order valence-electron chi connectivity index (χ0n) is 14.7. The number of hydrogen-bond acceptors (Lipinski definition) is 6. The van der Waals surface area contributed by atoms with Crippen LogP contribution in [0.3, 0.4) is 0 Å². The molecule has 3 aromatic rings. The van der Waals surface area contributed by atoms with Crippen LogP contribution in [0.25, 0.3) is 11.0 Å². The van der Waals surface area contributed by atoms with Crippen molar-refractivity contribution in [3.8, 4) is 0 Å². The number of amides is 1. The summed E-state index contributed by atoms with van der Waals surface area (Å²) in [6, 6.07) is 2.13. The molecule has 0 aliphatic rings. The first-order valence-corrected chi connectivity index (χ1v) is 8.16. The van der Waals surface area contributed by atoms with Gasteiger partial charge in [-0.05, 0) is 12.1 Å². The van der Waals surface area contributed by atoms with Crippen LogP contribution in [0.15, 0.2) is 35.6 Å². The number of pyridine rings is 1. The second kappa shape index (κ2) is 7.66. The lowest BCUT2D eigenvalue weighted by Gasteiger charge is -2.10. The number of carbonyl (C=O) groups is 1. The Labute approximate surface area is 156 Å². The van der Waals surface area contributed by atoms with Crippen molar-refractivity contribution in [2.45, 2.75) is 12.7 Å². The number of nitrogens with one attached hydrogen (secondary N) is 2. The summed E-state index contributed by atoms with van der Waals surface area (Å²) >= 11 is 0. The highest BCUT2D eigenvalue weighted by atomic mass is 19.4. The molecule has 0 aliphatic heterocycles. The predicted octanol–water partition coefficient (Wildman–Crippen LogP) is 0.772. The minimum Gasteiger partial charge on any atom is -0.368 e. The van der Waals surface area contributed by atoms with Crippen LogP contribution < -0.4 is 16.2 Å². The van der Waals surface area contributed by atoms with Gasteiger partial charge in [-0.1, -0.05) is 0 Å². The Balaban J connectivity index is 1.49. The second-order valence-electron chi connectivity index (χ2n) is 5.89. The molecule has 28 heavy (non-hydrogen) atoms. The summed E-state index contributed by atoms with van der Waals surface area (Å²) in [5.41, 5.74) is -0.786. The molecule has 0 unspecified atom stereocenters. The number of fused-ring (bicyclic) bond motifs is 1. The van der Waals surface area contributed by atoms with Gasteiger partial charge in [-0.15, -0.1) is 0 Å². The number of hydrogen-bond donors (Lipinski definition) is 2. The van der Waals surface area contributed by atoms with E-state index in [4.69, 9.17) is 0 Å². The van der Waals surface area contributed by atoms with E-state index in [9.17, 15) is 22.8 Å². The van der Waals surface area contributed by atoms with Gasteiger partial charge in [0.15, 0.2) is 5.65 Å². The number of halogens is 3. The van der Waals surface area contributed by atoms with E-state index in [0.717, 1.165) is 12.3 Å². The Hall–Kier alpha value is -3.44. The summed E-state index contributed by atoms with van der Waals surface area (Å²) in [6.07, 6.45) is -1.05. The Kier molecular flexibility index (Phi) is 5.29. The molecule has 1 amide bonds. The number of alkyl halides is 3. The summed E-state index contributed by atoms with van der Waals surface area (Å²) < 4.78 is 40.0. The average molecular weight is 395 g/mol. The minimum absolute atomic E-state index is 0.193. The highest BCUT2D eigenvalue weighted by Gasteiger charge is 2.30. The molecule has 0 fully saturated rings. The fourth-order valence-electron chi connectivity index (χ4n) is 2.45. The van der Waals surface area contributed by atoms with E-state index in [2.05, 4.69) is 25.7 Å². The molecule has 3 heterocycles. The van der Waals surface area contributed by atoms with Crippen LogP contribution in [-0.4, -0.2) is 43.3 Å². The molecule has 148 valence electrons. The first-order chi connectivity index (χ1) is 13.3. The Morgan fingerprint density at radius 2 is 1.96 bits per heavy atom. The van der Waals surface area contributed by atoms with Gasteiger partial charge in [0.25, 0.3) is 5.56 Å². The molecule has 2 N–H and O–H groups in total. The normalized spacial score (nSPS) is 11.6. The maximum atomic E-state index is 12.5. The van der Waals surface area contributed by atoms with Crippen molar-refractivity contribution >= 4 is 22.8 Å². The molecule has 9 nitrogen and oxygen atoms in total. The lowest BCUT2D eigenvalue weighted by molar-refractivity contribution is -0.137. The second-order valence-corrected chi connectivity index (χ2v) is 5.89. The average Bonchev–Trinajstić information content (AvgIpc) is 3.02. The van der Waals surface area contributed by atoms with Crippen molar-refractivity contribution in [3.63, 3.8) is 0 Å². The van der Waals surface area contributed by atoms with Crippen LogP contribution in [0.2, 0.25) is 0 Å². The molecule has 3 aromatic heterocycles. The van der Waals surface area contributed by atoms with Crippen molar-refractivity contribution < 1.29 is 18.0 Å². The fraction of sp³-hybridized carbons (Fsp3) is 0.312. The molecule has 0 aromatic carbocycles. The maximum Gasteiger partial charge on any atom is 0.417 e. The number of carbonyl (C=O) groups excluding carboxylic acids is 1. The summed E-state index contributed by atoms with van der Waals surface area (Å²) in [7, 11) is 1.66. The van der Waals surface area contributed by atoms with Crippen molar-refractivity contribution in [1.29, 1.82) is 0 Å². The van der Waals surface area contributed by atoms with E-state index in [1.54, 1.807) is 7.05 Å². The van der Waals surface area contributed by atoms with E-state index < -0.39 is 17.6 Å². The molecule has 0 aliphatic carbocycles. The summed E-state index contributed by atoms with van der Waals surface area (Å²) in [5, 5.41) is 9.66. The molecule has 0 saturated heterocycles. The van der Waals surface area contributed by atoms with Gasteiger partial charge in [0, 0.05) is 26.3 Å². The van der Waals surface area contributed by atoms with Gasteiger partial charge in [-0.25, -0.2) is 9.97 Å². The smallest absolute Gasteiger partial charge is 0.368 e. The molecule has 0 atom stereocenters. The van der Waals surface area contributed by atoms with Crippen LogP contribution in [0.1, 0.15) is 5.56 Å². The Bertz CT molecular complexity index is 1040. The van der Waals surface area contributed by atoms with Crippen LogP contribution in [0.4, 0.5) is 19.0 Å². The fourth-order valence-corrected chi connectivity index (χ4v) is 2.45. The van der Waals surface area contributed by atoms with Gasteiger partial charge in [-0.2, -0.15) is 18.3 Å². The zero-order valence-corrected chi connectivity index (χ0v) is 14.7. The van der Waals surface area contributed by atoms with Gasteiger partial charge in [-0.3, -0.25) is 18.8 Å². The van der Waals surface area contributed by atoms with Crippen LogP contribution >= 0.6 is 0 Å². The lowest BCUT2D eigenvalue weighted by atomic mass is 10.3. The summed E-state index contributed by atoms with van der Waals surface area (Å²) in [5.74, 6) is -0.154. The van der Waals surface area contributed by atoms with Crippen molar-refractivity contribution in [2.75, 3.05) is 18.4 Å². The monoisotopic (exact) mass is 395 g/mol. The molecule has 3 rings (SSSR count). The molecular formula is C16H16F3N7O2. The van der Waals surface area contributed by atoms with Gasteiger partial charge in [0.05, 0.1) is 11.8 Å². The van der Waals surface area contributed by atoms with E-state index in [1.807, 2.05) is 0 Å². The standard InChI is InChI=1S/C16H16F3N7O2/c1-25-14-11(7-24-25)15(28)26(9-23-14)8-13(27)21-5-4-20-12-3-2-10(6-22-12)16(17,18)19/h2-3,6-7,9H,4-5,8H2,1H3,(H,20,22)(H,21,27). The SMILES string of the molecule is Cn1ncc2c(=O)n(CC(=O)NCCNc3ccc(C(F)(F)F)cn3)cnc21. The topological polar surface area (TPSA) is 107 Å². The number of anilines is 1. The number of aryl methyl sites for hydroxylation is 1. The maximum absolute atomic E-state index is 12.5. The minimum atomic E-state index is -4.44. The van der Waals surface area contributed by atoms with E-state index in [1.165, 1.54) is 27.8 Å². The van der Waals surface area contributed by atoms with E-state index in [0.29, 0.717) is 11.0 Å². The highest BCUT2D eigenvalue weighted by molar-refractivity contribution is 5.77. The number of nitrogens with zero attached hydrogens (tertiary/aromatic N) is 5. The first kappa shape index (κ1) is 19.3. The quantitative estimate of drug-likeness (QED) is 0.597. The Morgan fingerprint density at radius 1 is 1.18 bits per heavy atom. The largest absolute Gasteiger partial charge is 0.417 e. The Morgan fingerprint density at radius 3 is 2.64 bits per heavy atom. The van der Waals surface area contributed by atoms with Gasteiger partial charge in [0.2, 0.25) is 5.91 Å². The molecule has 0 spiro atoms. The van der Waals surface area contributed by atoms with Crippen LogP contribution in [0, 0.1) is 0 Å². The third kappa shape index (κ3) is 4.27. The van der Waals surface area contributed by atoms with Gasteiger partial charge < -0.3 is 10.6 Å². The van der Waals surface area contributed by atoms with E-state index >= 15 is 0 Å². The van der Waals surface area contributed by atoms with Crippen molar-refractivity contribution in [2.24, 2.45) is 7.05 Å². The number of rotatable bonds is 6. The molecule has 0 saturated carbocycles. The molecule has 0 radical (unpaired) electrons.